The number of aliphatic carboxylic acids is 1. The summed E-state index contributed by atoms with van der Waals surface area (Å²) in [5, 5.41) is 13.6. The van der Waals surface area contributed by atoms with Crippen molar-refractivity contribution in [1.29, 1.82) is 0 Å². The zero-order valence-corrected chi connectivity index (χ0v) is 10.5. The summed E-state index contributed by atoms with van der Waals surface area (Å²) in [7, 11) is 0. The Morgan fingerprint density at radius 2 is 2.25 bits per heavy atom. The largest absolute Gasteiger partial charge is 0.480 e. The van der Waals surface area contributed by atoms with Gasteiger partial charge in [0.05, 0.1) is 12.9 Å². The van der Waals surface area contributed by atoms with Crippen LogP contribution < -0.4 is 16.4 Å². The molecule has 10 heteroatoms. The molecule has 10 nitrogen and oxygen atoms in total. The molecule has 1 atom stereocenters. The number of hydrogen-bond acceptors (Lipinski definition) is 5. The van der Waals surface area contributed by atoms with Crippen LogP contribution in [0.1, 0.15) is 5.69 Å². The first-order valence-corrected chi connectivity index (χ1v) is 5.65. The van der Waals surface area contributed by atoms with Gasteiger partial charge in [0.25, 0.3) is 0 Å². The summed E-state index contributed by atoms with van der Waals surface area (Å²) in [4.78, 5) is 39.2. The standard InChI is InChI=1S/C10H15N5O5/c11-9(18)20-2-1-13-10(19)15-7(8(16)17)3-6-4-12-5-14-6/h4-5,7H,1-3H2,(H2,11,18)(H,12,14)(H,16,17)(H2,13,15,19)/t7-/m1/s1. The number of hydrogen-bond donors (Lipinski definition) is 5. The number of amides is 3. The van der Waals surface area contributed by atoms with Crippen LogP contribution >= 0.6 is 0 Å². The number of H-pyrrole nitrogens is 1. The summed E-state index contributed by atoms with van der Waals surface area (Å²) >= 11 is 0. The third kappa shape index (κ3) is 5.71. The lowest BCUT2D eigenvalue weighted by molar-refractivity contribution is -0.139. The number of nitrogens with one attached hydrogen (secondary N) is 3. The van der Waals surface area contributed by atoms with Gasteiger partial charge in [-0.3, -0.25) is 0 Å². The zero-order valence-electron chi connectivity index (χ0n) is 10.5. The molecule has 1 heterocycles. The highest BCUT2D eigenvalue weighted by Gasteiger charge is 2.20. The highest BCUT2D eigenvalue weighted by atomic mass is 16.5. The minimum absolute atomic E-state index is 0.0190. The number of carboxylic acid groups (broad SMARTS) is 1. The molecular formula is C10H15N5O5. The predicted octanol–water partition coefficient (Wildman–Crippen LogP) is -1.20. The second-order valence-electron chi connectivity index (χ2n) is 3.74. The number of nitrogens with zero attached hydrogens (tertiary/aromatic N) is 1. The Hall–Kier alpha value is -2.78. The number of aromatic amines is 1. The fourth-order valence-corrected chi connectivity index (χ4v) is 1.34. The highest BCUT2D eigenvalue weighted by molar-refractivity contribution is 5.82. The Balaban J connectivity index is 2.35. The van der Waals surface area contributed by atoms with Gasteiger partial charge in [0, 0.05) is 18.3 Å². The molecule has 0 aliphatic carbocycles. The molecule has 0 saturated carbocycles. The lowest BCUT2D eigenvalue weighted by atomic mass is 10.2. The third-order valence-electron chi connectivity index (χ3n) is 2.21. The van der Waals surface area contributed by atoms with Gasteiger partial charge in [0.2, 0.25) is 0 Å². The van der Waals surface area contributed by atoms with Gasteiger partial charge in [-0.1, -0.05) is 0 Å². The number of carboxylic acids is 1. The SMILES string of the molecule is NC(=O)OCCNC(=O)N[C@H](Cc1cnc[nH]1)C(=O)O. The molecular weight excluding hydrogens is 270 g/mol. The lowest BCUT2D eigenvalue weighted by Crippen LogP contribution is -2.47. The number of aromatic nitrogens is 2. The first-order valence-electron chi connectivity index (χ1n) is 5.65. The van der Waals surface area contributed by atoms with E-state index in [1.54, 1.807) is 0 Å². The summed E-state index contributed by atoms with van der Waals surface area (Å²) in [6.07, 6.45) is 2.00. The van der Waals surface area contributed by atoms with Crippen LogP contribution in [0.15, 0.2) is 12.5 Å². The van der Waals surface area contributed by atoms with Crippen LogP contribution in [0, 0.1) is 0 Å². The molecule has 0 aliphatic rings. The Morgan fingerprint density at radius 1 is 1.50 bits per heavy atom. The van der Waals surface area contributed by atoms with Crippen LogP contribution in [0.25, 0.3) is 0 Å². The van der Waals surface area contributed by atoms with Gasteiger partial charge >= 0.3 is 18.1 Å². The Bertz CT molecular complexity index is 461. The molecule has 0 spiro atoms. The van der Waals surface area contributed by atoms with Gasteiger partial charge in [-0.15, -0.1) is 0 Å². The Kier molecular flexibility index (Phi) is 5.81. The van der Waals surface area contributed by atoms with Crippen LogP contribution in [0.4, 0.5) is 9.59 Å². The maximum absolute atomic E-state index is 11.4. The van der Waals surface area contributed by atoms with E-state index in [9.17, 15) is 14.4 Å². The van der Waals surface area contributed by atoms with Gasteiger partial charge in [-0.2, -0.15) is 0 Å². The van der Waals surface area contributed by atoms with Gasteiger partial charge in [0.1, 0.15) is 12.6 Å². The smallest absolute Gasteiger partial charge is 0.404 e. The van der Waals surface area contributed by atoms with Crippen molar-refractivity contribution in [2.45, 2.75) is 12.5 Å². The van der Waals surface area contributed by atoms with Crippen molar-refractivity contribution in [2.24, 2.45) is 5.73 Å². The molecule has 110 valence electrons. The molecule has 0 unspecified atom stereocenters. The van der Waals surface area contributed by atoms with Crippen molar-refractivity contribution in [3.8, 4) is 0 Å². The van der Waals surface area contributed by atoms with Crippen LogP contribution in [-0.4, -0.2) is 52.4 Å². The van der Waals surface area contributed by atoms with Gasteiger partial charge in [-0.25, -0.2) is 19.4 Å². The van der Waals surface area contributed by atoms with E-state index in [0.29, 0.717) is 5.69 Å². The van der Waals surface area contributed by atoms with Crippen LogP contribution in [0.2, 0.25) is 0 Å². The monoisotopic (exact) mass is 285 g/mol. The maximum atomic E-state index is 11.4. The van der Waals surface area contributed by atoms with Gasteiger partial charge in [0.15, 0.2) is 0 Å². The predicted molar refractivity (Wildman–Crippen MR) is 65.8 cm³/mol. The van der Waals surface area contributed by atoms with Crippen molar-refractivity contribution >= 4 is 18.1 Å². The van der Waals surface area contributed by atoms with E-state index < -0.39 is 24.1 Å². The molecule has 1 aromatic rings. The molecule has 0 radical (unpaired) electrons. The number of nitrogens with two attached hydrogens (primary N) is 1. The minimum Gasteiger partial charge on any atom is -0.480 e. The van der Waals surface area contributed by atoms with E-state index in [1.165, 1.54) is 12.5 Å². The second-order valence-corrected chi connectivity index (χ2v) is 3.74. The average molecular weight is 285 g/mol. The normalized spacial score (nSPS) is 11.4. The number of carbonyl (C=O) groups is 3. The fraction of sp³-hybridized carbons (Fsp3) is 0.400. The van der Waals surface area contributed by atoms with E-state index in [2.05, 4.69) is 25.3 Å². The van der Waals surface area contributed by atoms with E-state index in [1.807, 2.05) is 0 Å². The van der Waals surface area contributed by atoms with E-state index in [-0.39, 0.29) is 19.6 Å². The third-order valence-corrected chi connectivity index (χ3v) is 2.21. The molecule has 1 rings (SSSR count). The van der Waals surface area contributed by atoms with E-state index in [0.717, 1.165) is 0 Å². The minimum atomic E-state index is -1.18. The van der Waals surface area contributed by atoms with Crippen molar-refractivity contribution in [3.05, 3.63) is 18.2 Å². The van der Waals surface area contributed by atoms with Crippen molar-refractivity contribution in [1.82, 2.24) is 20.6 Å². The molecule has 0 bridgehead atoms. The number of rotatable bonds is 7. The van der Waals surface area contributed by atoms with Gasteiger partial charge in [-0.05, 0) is 0 Å². The first kappa shape index (κ1) is 15.3. The topological polar surface area (TPSA) is 159 Å². The maximum Gasteiger partial charge on any atom is 0.404 e. The quantitative estimate of drug-likeness (QED) is 0.395. The van der Waals surface area contributed by atoms with E-state index >= 15 is 0 Å². The molecule has 3 amide bonds. The van der Waals surface area contributed by atoms with Crippen molar-refractivity contribution in [2.75, 3.05) is 13.2 Å². The average Bonchev–Trinajstić information content (AvgIpc) is 2.86. The van der Waals surface area contributed by atoms with Crippen LogP contribution in [0.3, 0.4) is 0 Å². The summed E-state index contributed by atoms with van der Waals surface area (Å²) < 4.78 is 4.40. The molecule has 0 saturated heterocycles. The van der Waals surface area contributed by atoms with Crippen molar-refractivity contribution in [3.63, 3.8) is 0 Å². The molecule has 0 aromatic carbocycles. The number of imidazole rings is 1. The summed E-state index contributed by atoms with van der Waals surface area (Å²) in [6.45, 7) is -0.0772. The summed E-state index contributed by atoms with van der Waals surface area (Å²) in [5.41, 5.74) is 5.31. The molecule has 20 heavy (non-hydrogen) atoms. The van der Waals surface area contributed by atoms with Crippen molar-refractivity contribution < 1.29 is 24.2 Å². The first-order chi connectivity index (χ1) is 9.49. The molecule has 0 fully saturated rings. The fourth-order valence-electron chi connectivity index (χ4n) is 1.34. The van der Waals surface area contributed by atoms with Crippen LogP contribution in [0.5, 0.6) is 0 Å². The Morgan fingerprint density at radius 3 is 2.80 bits per heavy atom. The summed E-state index contributed by atoms with van der Waals surface area (Å²) in [6, 6.07) is -1.79. The second kappa shape index (κ2) is 7.61. The molecule has 1 aromatic heterocycles. The van der Waals surface area contributed by atoms with Gasteiger partial charge < -0.3 is 31.2 Å². The van der Waals surface area contributed by atoms with E-state index in [4.69, 9.17) is 10.8 Å². The highest BCUT2D eigenvalue weighted by Crippen LogP contribution is 1.98. The number of carbonyl (C=O) groups excluding carboxylic acids is 2. The van der Waals surface area contributed by atoms with Crippen LogP contribution in [-0.2, 0) is 16.0 Å². The number of primary amides is 1. The zero-order chi connectivity index (χ0) is 15.0. The summed E-state index contributed by atoms with van der Waals surface area (Å²) in [5.74, 6) is -1.18. The number of ether oxygens (including phenoxy) is 1. The molecule has 0 aliphatic heterocycles. The number of urea groups is 1. The molecule has 6 N–H and O–H groups in total. The lowest BCUT2D eigenvalue weighted by Gasteiger charge is -2.14. The Labute approximate surface area is 113 Å².